The Morgan fingerprint density at radius 3 is 2.54 bits per heavy atom. The summed E-state index contributed by atoms with van der Waals surface area (Å²) in [6.07, 6.45) is 8.71. The minimum atomic E-state index is 0.486. The van der Waals surface area contributed by atoms with Gasteiger partial charge in [0, 0.05) is 13.2 Å². The summed E-state index contributed by atoms with van der Waals surface area (Å²) in [4.78, 5) is 0. The largest absolute Gasteiger partial charge is 0.380 e. The van der Waals surface area contributed by atoms with E-state index in [2.05, 4.69) is 5.32 Å². The SMILES string of the molecule is COC1CCCC1NCC1CCC1. The number of ether oxygens (including phenoxy) is 1. The van der Waals surface area contributed by atoms with Crippen LogP contribution in [0.5, 0.6) is 0 Å². The van der Waals surface area contributed by atoms with Crippen molar-refractivity contribution in [1.82, 2.24) is 5.32 Å². The minimum Gasteiger partial charge on any atom is -0.380 e. The lowest BCUT2D eigenvalue weighted by Gasteiger charge is -2.28. The third-order valence-electron chi connectivity index (χ3n) is 3.65. The molecule has 0 spiro atoms. The second kappa shape index (κ2) is 4.43. The summed E-state index contributed by atoms with van der Waals surface area (Å²) in [6.45, 7) is 1.23. The molecular formula is C11H21NO. The zero-order valence-corrected chi connectivity index (χ0v) is 8.59. The first-order chi connectivity index (χ1) is 6.40. The van der Waals surface area contributed by atoms with Crippen LogP contribution in [0.2, 0.25) is 0 Å². The van der Waals surface area contributed by atoms with E-state index in [1.54, 1.807) is 0 Å². The van der Waals surface area contributed by atoms with Crippen LogP contribution in [0, 0.1) is 5.92 Å². The normalized spacial score (nSPS) is 34.8. The van der Waals surface area contributed by atoms with Crippen LogP contribution >= 0.6 is 0 Å². The summed E-state index contributed by atoms with van der Waals surface area (Å²) in [5.41, 5.74) is 0. The number of hydrogen-bond acceptors (Lipinski definition) is 2. The number of hydrogen-bond donors (Lipinski definition) is 1. The Labute approximate surface area is 81.0 Å². The van der Waals surface area contributed by atoms with Crippen molar-refractivity contribution in [2.24, 2.45) is 5.92 Å². The summed E-state index contributed by atoms with van der Waals surface area (Å²) in [5.74, 6) is 0.970. The molecule has 2 fully saturated rings. The fourth-order valence-electron chi connectivity index (χ4n) is 2.46. The van der Waals surface area contributed by atoms with E-state index in [0.717, 1.165) is 5.92 Å². The highest BCUT2D eigenvalue weighted by Gasteiger charge is 2.27. The second-order valence-electron chi connectivity index (χ2n) is 4.52. The van der Waals surface area contributed by atoms with Crippen LogP contribution in [-0.2, 0) is 4.74 Å². The minimum absolute atomic E-state index is 0.486. The third-order valence-corrected chi connectivity index (χ3v) is 3.65. The van der Waals surface area contributed by atoms with Gasteiger partial charge in [0.25, 0.3) is 0 Å². The van der Waals surface area contributed by atoms with Crippen molar-refractivity contribution in [3.63, 3.8) is 0 Å². The van der Waals surface area contributed by atoms with Gasteiger partial charge in [0.2, 0.25) is 0 Å². The van der Waals surface area contributed by atoms with Crippen LogP contribution in [-0.4, -0.2) is 25.8 Å². The lowest BCUT2D eigenvalue weighted by atomic mass is 9.85. The number of methoxy groups -OCH3 is 1. The van der Waals surface area contributed by atoms with Crippen molar-refractivity contribution in [3.05, 3.63) is 0 Å². The van der Waals surface area contributed by atoms with Gasteiger partial charge in [-0.3, -0.25) is 0 Å². The van der Waals surface area contributed by atoms with E-state index in [1.807, 2.05) is 7.11 Å². The van der Waals surface area contributed by atoms with Gasteiger partial charge in [0.1, 0.15) is 0 Å². The van der Waals surface area contributed by atoms with E-state index < -0.39 is 0 Å². The molecule has 2 heteroatoms. The topological polar surface area (TPSA) is 21.3 Å². The summed E-state index contributed by atoms with van der Waals surface area (Å²) < 4.78 is 5.45. The highest BCUT2D eigenvalue weighted by atomic mass is 16.5. The molecule has 0 bridgehead atoms. The maximum Gasteiger partial charge on any atom is 0.0724 e. The monoisotopic (exact) mass is 183 g/mol. The first-order valence-electron chi connectivity index (χ1n) is 5.66. The predicted molar refractivity (Wildman–Crippen MR) is 53.8 cm³/mol. The molecule has 0 heterocycles. The predicted octanol–water partition coefficient (Wildman–Crippen LogP) is 1.94. The van der Waals surface area contributed by atoms with E-state index in [-0.39, 0.29) is 0 Å². The Morgan fingerprint density at radius 1 is 1.15 bits per heavy atom. The van der Waals surface area contributed by atoms with Crippen molar-refractivity contribution in [1.29, 1.82) is 0 Å². The molecule has 2 saturated carbocycles. The molecule has 2 nitrogen and oxygen atoms in total. The molecule has 2 unspecified atom stereocenters. The smallest absolute Gasteiger partial charge is 0.0724 e. The first kappa shape index (κ1) is 9.47. The fraction of sp³-hybridized carbons (Fsp3) is 1.00. The van der Waals surface area contributed by atoms with Crippen molar-refractivity contribution in [3.8, 4) is 0 Å². The van der Waals surface area contributed by atoms with Crippen LogP contribution in [0.25, 0.3) is 0 Å². The van der Waals surface area contributed by atoms with Gasteiger partial charge < -0.3 is 10.1 Å². The average molecular weight is 183 g/mol. The molecule has 1 N–H and O–H groups in total. The molecule has 0 radical (unpaired) electrons. The molecule has 0 saturated heterocycles. The molecule has 0 aromatic heterocycles. The molecule has 2 atom stereocenters. The molecule has 13 heavy (non-hydrogen) atoms. The lowest BCUT2D eigenvalue weighted by Crippen LogP contribution is -2.40. The highest BCUT2D eigenvalue weighted by Crippen LogP contribution is 2.27. The molecule has 0 aromatic rings. The van der Waals surface area contributed by atoms with Gasteiger partial charge in [-0.25, -0.2) is 0 Å². The first-order valence-corrected chi connectivity index (χ1v) is 5.66. The zero-order valence-electron chi connectivity index (χ0n) is 8.59. The van der Waals surface area contributed by atoms with E-state index in [9.17, 15) is 0 Å². The summed E-state index contributed by atoms with van der Waals surface area (Å²) >= 11 is 0. The molecule has 0 aromatic carbocycles. The maximum atomic E-state index is 5.45. The van der Waals surface area contributed by atoms with Crippen LogP contribution in [0.4, 0.5) is 0 Å². The Kier molecular flexibility index (Phi) is 3.23. The summed E-state index contributed by atoms with van der Waals surface area (Å²) in [5, 5.41) is 3.66. The molecule has 2 aliphatic rings. The van der Waals surface area contributed by atoms with Crippen molar-refractivity contribution < 1.29 is 4.74 Å². The van der Waals surface area contributed by atoms with Crippen LogP contribution in [0.3, 0.4) is 0 Å². The standard InChI is InChI=1S/C11H21NO/c1-13-11-7-3-6-10(11)12-8-9-4-2-5-9/h9-12H,2-8H2,1H3. The summed E-state index contributed by atoms with van der Waals surface area (Å²) in [7, 11) is 1.84. The third kappa shape index (κ3) is 2.23. The van der Waals surface area contributed by atoms with Crippen molar-refractivity contribution in [2.45, 2.75) is 50.7 Å². The Balaban J connectivity index is 1.67. The molecule has 76 valence electrons. The number of nitrogens with one attached hydrogen (secondary N) is 1. The van der Waals surface area contributed by atoms with Gasteiger partial charge in [-0.15, -0.1) is 0 Å². The van der Waals surface area contributed by atoms with Gasteiger partial charge in [0.05, 0.1) is 6.10 Å². The summed E-state index contributed by atoms with van der Waals surface area (Å²) in [6, 6.07) is 0.644. The Morgan fingerprint density at radius 2 is 1.92 bits per heavy atom. The fourth-order valence-corrected chi connectivity index (χ4v) is 2.46. The van der Waals surface area contributed by atoms with Crippen LogP contribution in [0.1, 0.15) is 38.5 Å². The molecule has 0 amide bonds. The van der Waals surface area contributed by atoms with Crippen molar-refractivity contribution >= 4 is 0 Å². The zero-order chi connectivity index (χ0) is 9.10. The van der Waals surface area contributed by atoms with Crippen molar-refractivity contribution in [2.75, 3.05) is 13.7 Å². The van der Waals surface area contributed by atoms with E-state index in [4.69, 9.17) is 4.74 Å². The van der Waals surface area contributed by atoms with Gasteiger partial charge in [-0.1, -0.05) is 6.42 Å². The Hall–Kier alpha value is -0.0800. The maximum absolute atomic E-state index is 5.45. The van der Waals surface area contributed by atoms with E-state index in [1.165, 1.54) is 45.1 Å². The van der Waals surface area contributed by atoms with Gasteiger partial charge >= 0.3 is 0 Å². The quantitative estimate of drug-likeness (QED) is 0.719. The van der Waals surface area contributed by atoms with Gasteiger partial charge in [-0.2, -0.15) is 0 Å². The molecule has 0 aliphatic heterocycles. The second-order valence-corrected chi connectivity index (χ2v) is 4.52. The van der Waals surface area contributed by atoms with Crippen LogP contribution < -0.4 is 5.32 Å². The van der Waals surface area contributed by atoms with Gasteiger partial charge in [0.15, 0.2) is 0 Å². The Bertz CT molecular complexity index is 156. The van der Waals surface area contributed by atoms with Gasteiger partial charge in [-0.05, 0) is 44.6 Å². The number of rotatable bonds is 4. The lowest BCUT2D eigenvalue weighted by molar-refractivity contribution is 0.0821. The molecule has 2 aliphatic carbocycles. The van der Waals surface area contributed by atoms with E-state index in [0.29, 0.717) is 12.1 Å². The van der Waals surface area contributed by atoms with E-state index >= 15 is 0 Å². The molecular weight excluding hydrogens is 162 g/mol. The van der Waals surface area contributed by atoms with Crippen LogP contribution in [0.15, 0.2) is 0 Å². The average Bonchev–Trinajstić information content (AvgIpc) is 2.49. The highest BCUT2D eigenvalue weighted by molar-refractivity contribution is 4.85. The molecule has 2 rings (SSSR count).